The molecule has 0 aromatic heterocycles. The highest BCUT2D eigenvalue weighted by molar-refractivity contribution is 7.89. The van der Waals surface area contributed by atoms with Gasteiger partial charge in [0.1, 0.15) is 0 Å². The average molecular weight is 395 g/mol. The molecule has 0 saturated heterocycles. The highest BCUT2D eigenvalue weighted by Gasteiger charge is 2.16. The van der Waals surface area contributed by atoms with Gasteiger partial charge in [-0.25, -0.2) is 13.1 Å². The molecule has 7 heteroatoms. The van der Waals surface area contributed by atoms with Crippen molar-refractivity contribution >= 4 is 27.5 Å². The van der Waals surface area contributed by atoms with Gasteiger partial charge in [-0.05, 0) is 55.7 Å². The second kappa shape index (κ2) is 8.66. The molecule has 5 nitrogen and oxygen atoms in total. The van der Waals surface area contributed by atoms with Crippen molar-refractivity contribution in [1.29, 1.82) is 0 Å². The number of hydrogen-bond acceptors (Lipinski definition) is 3. The van der Waals surface area contributed by atoms with Crippen molar-refractivity contribution in [3.63, 3.8) is 0 Å². The fourth-order valence-corrected chi connectivity index (χ4v) is 3.90. The molecule has 140 valence electrons. The van der Waals surface area contributed by atoms with E-state index >= 15 is 0 Å². The molecule has 0 saturated carbocycles. The summed E-state index contributed by atoms with van der Waals surface area (Å²) in [5.41, 5.74) is 2.74. The van der Waals surface area contributed by atoms with E-state index in [0.29, 0.717) is 5.02 Å². The molecule has 1 unspecified atom stereocenters. The SMILES string of the molecule is Cc1ccc(S(=O)(=O)NCCC(=O)NC(C)c2ccccc2Cl)cc1C. The first-order valence-electron chi connectivity index (χ1n) is 8.31. The summed E-state index contributed by atoms with van der Waals surface area (Å²) in [7, 11) is -3.63. The fourth-order valence-electron chi connectivity index (χ4n) is 2.48. The molecule has 1 atom stereocenters. The second-order valence-corrected chi connectivity index (χ2v) is 8.38. The minimum Gasteiger partial charge on any atom is -0.349 e. The van der Waals surface area contributed by atoms with Gasteiger partial charge in [-0.3, -0.25) is 4.79 Å². The van der Waals surface area contributed by atoms with E-state index < -0.39 is 10.0 Å². The van der Waals surface area contributed by atoms with Gasteiger partial charge < -0.3 is 5.32 Å². The number of carbonyl (C=O) groups excluding carboxylic acids is 1. The fraction of sp³-hybridized carbons (Fsp3) is 0.316. The standard InChI is InChI=1S/C19H23ClN2O3S/c1-13-8-9-16(12-14(13)2)26(24,25)21-11-10-19(23)22-15(3)17-6-4-5-7-18(17)20/h4-9,12,15,21H,10-11H2,1-3H3,(H,22,23). The lowest BCUT2D eigenvalue weighted by molar-refractivity contribution is -0.121. The van der Waals surface area contributed by atoms with Crippen molar-refractivity contribution in [3.8, 4) is 0 Å². The number of aryl methyl sites for hydroxylation is 2. The molecule has 2 rings (SSSR count). The van der Waals surface area contributed by atoms with Crippen LogP contribution in [-0.2, 0) is 14.8 Å². The molecular weight excluding hydrogens is 372 g/mol. The number of rotatable bonds is 7. The van der Waals surface area contributed by atoms with Gasteiger partial charge in [0.2, 0.25) is 15.9 Å². The van der Waals surface area contributed by atoms with Crippen molar-refractivity contribution in [2.24, 2.45) is 0 Å². The Morgan fingerprint density at radius 1 is 1.12 bits per heavy atom. The lowest BCUT2D eigenvalue weighted by Gasteiger charge is -2.16. The van der Waals surface area contributed by atoms with E-state index in [1.807, 2.05) is 39.0 Å². The topological polar surface area (TPSA) is 75.3 Å². The van der Waals surface area contributed by atoms with Crippen LogP contribution >= 0.6 is 11.6 Å². The van der Waals surface area contributed by atoms with Crippen LogP contribution < -0.4 is 10.0 Å². The van der Waals surface area contributed by atoms with Gasteiger partial charge in [-0.1, -0.05) is 35.9 Å². The Kier molecular flexibility index (Phi) is 6.81. The Morgan fingerprint density at radius 2 is 1.81 bits per heavy atom. The summed E-state index contributed by atoms with van der Waals surface area (Å²) in [6.45, 7) is 5.64. The summed E-state index contributed by atoms with van der Waals surface area (Å²) < 4.78 is 27.1. The van der Waals surface area contributed by atoms with E-state index in [0.717, 1.165) is 16.7 Å². The van der Waals surface area contributed by atoms with Crippen LogP contribution in [0, 0.1) is 13.8 Å². The third kappa shape index (κ3) is 5.30. The van der Waals surface area contributed by atoms with Crippen LogP contribution in [0.2, 0.25) is 5.02 Å². The van der Waals surface area contributed by atoms with Gasteiger partial charge in [0.15, 0.2) is 0 Å². The summed E-state index contributed by atoms with van der Waals surface area (Å²) in [6, 6.07) is 12.0. The number of halogens is 1. The molecule has 0 aliphatic carbocycles. The zero-order chi connectivity index (χ0) is 19.3. The summed E-state index contributed by atoms with van der Waals surface area (Å²) >= 11 is 6.12. The van der Waals surface area contributed by atoms with Crippen molar-refractivity contribution in [3.05, 3.63) is 64.2 Å². The van der Waals surface area contributed by atoms with E-state index in [-0.39, 0.29) is 29.8 Å². The molecule has 0 heterocycles. The molecule has 1 amide bonds. The Hall–Kier alpha value is -1.89. The highest BCUT2D eigenvalue weighted by atomic mass is 35.5. The normalized spacial score (nSPS) is 12.6. The van der Waals surface area contributed by atoms with Crippen LogP contribution in [0.1, 0.15) is 36.1 Å². The van der Waals surface area contributed by atoms with E-state index in [2.05, 4.69) is 10.0 Å². The Balaban J connectivity index is 1.89. The largest absolute Gasteiger partial charge is 0.349 e. The van der Waals surface area contributed by atoms with Crippen molar-refractivity contribution in [2.45, 2.75) is 38.1 Å². The second-order valence-electron chi connectivity index (χ2n) is 6.20. The molecule has 0 aliphatic rings. The van der Waals surface area contributed by atoms with Gasteiger partial charge in [0, 0.05) is 18.0 Å². The third-order valence-electron chi connectivity index (χ3n) is 4.18. The number of benzene rings is 2. The minimum absolute atomic E-state index is 0.0241. The van der Waals surface area contributed by atoms with Gasteiger partial charge in [0.05, 0.1) is 10.9 Å². The number of amides is 1. The zero-order valence-corrected chi connectivity index (χ0v) is 16.6. The number of hydrogen-bond donors (Lipinski definition) is 2. The lowest BCUT2D eigenvalue weighted by Crippen LogP contribution is -2.32. The molecule has 0 spiro atoms. The van der Waals surface area contributed by atoms with Gasteiger partial charge in [-0.15, -0.1) is 0 Å². The van der Waals surface area contributed by atoms with Gasteiger partial charge in [0.25, 0.3) is 0 Å². The number of carbonyl (C=O) groups is 1. The molecule has 0 fully saturated rings. The minimum atomic E-state index is -3.63. The lowest BCUT2D eigenvalue weighted by atomic mass is 10.1. The van der Waals surface area contributed by atoms with Gasteiger partial charge in [-0.2, -0.15) is 0 Å². The third-order valence-corrected chi connectivity index (χ3v) is 5.98. The number of nitrogens with one attached hydrogen (secondary N) is 2. The molecule has 26 heavy (non-hydrogen) atoms. The Bertz CT molecular complexity index is 897. The van der Waals surface area contributed by atoms with Crippen LogP contribution in [-0.4, -0.2) is 20.9 Å². The molecule has 0 bridgehead atoms. The quantitative estimate of drug-likeness (QED) is 0.754. The number of sulfonamides is 1. The monoisotopic (exact) mass is 394 g/mol. The molecule has 2 N–H and O–H groups in total. The van der Waals surface area contributed by atoms with Crippen LogP contribution in [0.25, 0.3) is 0 Å². The molecule has 2 aromatic rings. The van der Waals surface area contributed by atoms with Gasteiger partial charge >= 0.3 is 0 Å². The first kappa shape index (κ1) is 20.4. The predicted molar refractivity (Wildman–Crippen MR) is 104 cm³/mol. The highest BCUT2D eigenvalue weighted by Crippen LogP contribution is 2.22. The van der Waals surface area contributed by atoms with E-state index in [9.17, 15) is 13.2 Å². The smallest absolute Gasteiger partial charge is 0.240 e. The Morgan fingerprint density at radius 3 is 2.46 bits per heavy atom. The maximum atomic E-state index is 12.3. The summed E-state index contributed by atoms with van der Waals surface area (Å²) in [4.78, 5) is 12.3. The molecule has 0 aliphatic heterocycles. The van der Waals surface area contributed by atoms with Crippen LogP contribution in [0.15, 0.2) is 47.4 Å². The maximum absolute atomic E-state index is 12.3. The summed E-state index contributed by atoms with van der Waals surface area (Å²) in [5.74, 6) is -0.250. The zero-order valence-electron chi connectivity index (χ0n) is 15.0. The van der Waals surface area contributed by atoms with Crippen molar-refractivity contribution < 1.29 is 13.2 Å². The van der Waals surface area contributed by atoms with Crippen LogP contribution in [0.4, 0.5) is 0 Å². The van der Waals surface area contributed by atoms with Crippen molar-refractivity contribution in [2.75, 3.05) is 6.54 Å². The average Bonchev–Trinajstić information content (AvgIpc) is 2.57. The molecule has 0 radical (unpaired) electrons. The maximum Gasteiger partial charge on any atom is 0.240 e. The molecule has 2 aromatic carbocycles. The summed E-state index contributed by atoms with van der Waals surface area (Å²) in [5, 5.41) is 3.40. The summed E-state index contributed by atoms with van der Waals surface area (Å²) in [6.07, 6.45) is 0.0405. The Labute approximate surface area is 159 Å². The van der Waals surface area contributed by atoms with E-state index in [1.165, 1.54) is 0 Å². The molecular formula is C19H23ClN2O3S. The first-order chi connectivity index (χ1) is 12.2. The van der Waals surface area contributed by atoms with Crippen molar-refractivity contribution in [1.82, 2.24) is 10.0 Å². The van der Waals surface area contributed by atoms with E-state index in [4.69, 9.17) is 11.6 Å². The van der Waals surface area contributed by atoms with Crippen LogP contribution in [0.3, 0.4) is 0 Å². The predicted octanol–water partition coefficient (Wildman–Crippen LogP) is 3.50. The van der Waals surface area contributed by atoms with Crippen LogP contribution in [0.5, 0.6) is 0 Å². The first-order valence-corrected chi connectivity index (χ1v) is 10.2. The van der Waals surface area contributed by atoms with E-state index in [1.54, 1.807) is 24.3 Å².